The molecule has 6 nitrogen and oxygen atoms in total. The molecule has 0 N–H and O–H groups in total. The highest BCUT2D eigenvalue weighted by Crippen LogP contribution is 2.40. The van der Waals surface area contributed by atoms with Crippen LogP contribution in [0.25, 0.3) is 94.6 Å². The van der Waals surface area contributed by atoms with Crippen LogP contribution >= 0.6 is 0 Å². The second-order valence-corrected chi connectivity index (χ2v) is 11.9. The zero-order valence-electron chi connectivity index (χ0n) is 25.6. The summed E-state index contributed by atoms with van der Waals surface area (Å²) in [5, 5.41) is 6.61. The van der Waals surface area contributed by atoms with Gasteiger partial charge in [-0.1, -0.05) is 121 Å². The molecule has 0 fully saturated rings. The topological polar surface area (TPSA) is 69.6 Å². The number of nitrogens with zero attached hydrogens (tertiary/aromatic N) is 5. The van der Waals surface area contributed by atoms with Gasteiger partial charge in [-0.15, -0.1) is 0 Å². The minimum atomic E-state index is 0.503. The van der Waals surface area contributed by atoms with Crippen molar-refractivity contribution in [3.63, 3.8) is 0 Å². The lowest BCUT2D eigenvalue weighted by Gasteiger charge is -2.11. The van der Waals surface area contributed by atoms with E-state index in [9.17, 15) is 0 Å². The molecule has 10 rings (SSSR count). The number of aromatic nitrogens is 5. The number of hydrogen-bond acceptors (Lipinski definition) is 5. The van der Waals surface area contributed by atoms with Crippen molar-refractivity contribution in [1.29, 1.82) is 0 Å². The van der Waals surface area contributed by atoms with E-state index in [1.165, 1.54) is 0 Å². The number of rotatable bonds is 4. The first-order chi connectivity index (χ1) is 23.8. The first-order valence-electron chi connectivity index (χ1n) is 15.9. The summed E-state index contributed by atoms with van der Waals surface area (Å²) in [6.45, 7) is 0. The Balaban J connectivity index is 1.23. The Kier molecular flexibility index (Phi) is 5.77. The summed E-state index contributed by atoms with van der Waals surface area (Å²) in [5.41, 5.74) is 6.22. The van der Waals surface area contributed by atoms with Gasteiger partial charge in [0.05, 0.1) is 11.0 Å². The van der Waals surface area contributed by atoms with Crippen LogP contribution < -0.4 is 0 Å². The molecule has 6 heteroatoms. The molecule has 0 spiro atoms. The third-order valence-electron chi connectivity index (χ3n) is 9.07. The number of para-hydroxylation sites is 2. The van der Waals surface area contributed by atoms with E-state index in [1.807, 2.05) is 84.9 Å². The monoisotopic (exact) mass is 615 g/mol. The zero-order chi connectivity index (χ0) is 31.6. The molecule has 10 aromatic rings. The molecule has 0 radical (unpaired) electrons. The molecule has 0 atom stereocenters. The predicted octanol–water partition coefficient (Wildman–Crippen LogP) is 10.4. The van der Waals surface area contributed by atoms with Crippen LogP contribution in [0, 0.1) is 0 Å². The minimum absolute atomic E-state index is 0.503. The van der Waals surface area contributed by atoms with Crippen molar-refractivity contribution in [3.05, 3.63) is 152 Å². The van der Waals surface area contributed by atoms with Crippen LogP contribution in [0.1, 0.15) is 0 Å². The molecule has 0 aliphatic heterocycles. The second kappa shape index (κ2) is 10.4. The van der Waals surface area contributed by atoms with Gasteiger partial charge in [-0.3, -0.25) is 4.57 Å². The van der Waals surface area contributed by atoms with E-state index in [0.717, 1.165) is 71.5 Å². The van der Waals surface area contributed by atoms with E-state index < -0.39 is 0 Å². The average Bonchev–Trinajstić information content (AvgIpc) is 3.71. The van der Waals surface area contributed by atoms with Crippen molar-refractivity contribution in [3.8, 4) is 40.1 Å². The summed E-state index contributed by atoms with van der Waals surface area (Å²) in [5.74, 6) is 2.45. The van der Waals surface area contributed by atoms with E-state index in [4.69, 9.17) is 24.4 Å². The molecule has 0 bridgehead atoms. The van der Waals surface area contributed by atoms with E-state index >= 15 is 0 Å². The van der Waals surface area contributed by atoms with Gasteiger partial charge in [-0.25, -0.2) is 19.9 Å². The van der Waals surface area contributed by atoms with Crippen LogP contribution in [0.15, 0.2) is 156 Å². The Morgan fingerprint density at radius 1 is 0.438 bits per heavy atom. The van der Waals surface area contributed by atoms with E-state index in [0.29, 0.717) is 23.2 Å². The number of hydrogen-bond donors (Lipinski definition) is 0. The highest BCUT2D eigenvalue weighted by Gasteiger charge is 2.21. The summed E-state index contributed by atoms with van der Waals surface area (Å²) in [6, 6.07) is 51.5. The van der Waals surface area contributed by atoms with Crippen LogP contribution in [0.5, 0.6) is 0 Å². The lowest BCUT2D eigenvalue weighted by molar-refractivity contribution is 0.671. The Morgan fingerprint density at radius 2 is 1.12 bits per heavy atom. The molecule has 6 aromatic carbocycles. The standard InChI is InChI=1S/C42H25N5O/c1-2-13-27(14-3-1)40-44-41(33-19-10-15-26-12-4-5-16-28(26)33)46-42(45-40)34-20-11-23-37(43-34)47-35-21-8-6-17-29(35)31-24-25-32-30-18-7-9-22-36(30)48-39(32)38(31)47/h1-25H. The third-order valence-corrected chi connectivity index (χ3v) is 9.07. The predicted molar refractivity (Wildman–Crippen MR) is 193 cm³/mol. The molecule has 0 aliphatic carbocycles. The van der Waals surface area contributed by atoms with Crippen molar-refractivity contribution >= 4 is 54.5 Å². The molecule has 224 valence electrons. The first-order valence-corrected chi connectivity index (χ1v) is 15.9. The fourth-order valence-corrected chi connectivity index (χ4v) is 6.89. The van der Waals surface area contributed by atoms with Gasteiger partial charge in [-0.05, 0) is 41.1 Å². The first kappa shape index (κ1) is 26.5. The molecule has 0 saturated heterocycles. The Morgan fingerprint density at radius 3 is 2.04 bits per heavy atom. The summed E-state index contributed by atoms with van der Waals surface area (Å²) < 4.78 is 8.75. The molecular formula is C42H25N5O. The molecule has 0 amide bonds. The molecule has 0 aliphatic rings. The van der Waals surface area contributed by atoms with Crippen LogP contribution in [0.4, 0.5) is 0 Å². The van der Waals surface area contributed by atoms with E-state index in [1.54, 1.807) is 0 Å². The maximum absolute atomic E-state index is 6.56. The summed E-state index contributed by atoms with van der Waals surface area (Å²) in [6.07, 6.45) is 0. The Hall–Kier alpha value is -6.66. The number of fused-ring (bicyclic) bond motifs is 8. The molecular weight excluding hydrogens is 590 g/mol. The van der Waals surface area contributed by atoms with Gasteiger partial charge in [0, 0.05) is 32.7 Å². The zero-order valence-corrected chi connectivity index (χ0v) is 25.6. The van der Waals surface area contributed by atoms with E-state index in [-0.39, 0.29) is 0 Å². The lowest BCUT2D eigenvalue weighted by atomic mass is 10.0. The van der Waals surface area contributed by atoms with Crippen molar-refractivity contribution in [2.24, 2.45) is 0 Å². The van der Waals surface area contributed by atoms with Crippen LogP contribution in [-0.4, -0.2) is 24.5 Å². The van der Waals surface area contributed by atoms with Crippen molar-refractivity contribution in [1.82, 2.24) is 24.5 Å². The molecule has 0 saturated carbocycles. The second-order valence-electron chi connectivity index (χ2n) is 11.9. The van der Waals surface area contributed by atoms with Crippen LogP contribution in [0.3, 0.4) is 0 Å². The highest BCUT2D eigenvalue weighted by atomic mass is 16.3. The van der Waals surface area contributed by atoms with Gasteiger partial charge in [0.1, 0.15) is 17.1 Å². The third kappa shape index (κ3) is 4.06. The average molecular weight is 616 g/mol. The quantitative estimate of drug-likeness (QED) is 0.197. The van der Waals surface area contributed by atoms with Crippen LogP contribution in [0.2, 0.25) is 0 Å². The number of pyridine rings is 1. The van der Waals surface area contributed by atoms with Gasteiger partial charge in [-0.2, -0.15) is 0 Å². The minimum Gasteiger partial charge on any atom is -0.454 e. The molecule has 4 aromatic heterocycles. The summed E-state index contributed by atoms with van der Waals surface area (Å²) >= 11 is 0. The number of benzene rings is 6. The molecule has 0 unspecified atom stereocenters. The van der Waals surface area contributed by atoms with Gasteiger partial charge in [0.2, 0.25) is 0 Å². The summed E-state index contributed by atoms with van der Waals surface area (Å²) in [4.78, 5) is 20.3. The van der Waals surface area contributed by atoms with Gasteiger partial charge in [0.15, 0.2) is 23.1 Å². The summed E-state index contributed by atoms with van der Waals surface area (Å²) in [7, 11) is 0. The van der Waals surface area contributed by atoms with Crippen LogP contribution in [-0.2, 0) is 0 Å². The van der Waals surface area contributed by atoms with Crippen molar-refractivity contribution in [2.45, 2.75) is 0 Å². The fourth-order valence-electron chi connectivity index (χ4n) is 6.89. The fraction of sp³-hybridized carbons (Fsp3) is 0. The number of furan rings is 1. The molecule has 4 heterocycles. The smallest absolute Gasteiger partial charge is 0.182 e. The maximum atomic E-state index is 6.56. The highest BCUT2D eigenvalue weighted by molar-refractivity contribution is 6.21. The van der Waals surface area contributed by atoms with Gasteiger partial charge in [0.25, 0.3) is 0 Å². The SMILES string of the molecule is c1ccc(-c2nc(-c3cccc(-n4c5ccccc5c5ccc6c7ccccc7oc6c54)n3)nc(-c3cccc4ccccc34)n2)cc1. The Bertz CT molecular complexity index is 2850. The normalized spacial score (nSPS) is 11.8. The van der Waals surface area contributed by atoms with Crippen molar-refractivity contribution in [2.75, 3.05) is 0 Å². The lowest BCUT2D eigenvalue weighted by Crippen LogP contribution is -2.03. The maximum Gasteiger partial charge on any atom is 0.182 e. The van der Waals surface area contributed by atoms with Crippen molar-refractivity contribution < 1.29 is 4.42 Å². The largest absolute Gasteiger partial charge is 0.454 e. The molecule has 48 heavy (non-hydrogen) atoms. The van der Waals surface area contributed by atoms with Gasteiger partial charge < -0.3 is 4.42 Å². The Labute approximate surface area is 274 Å². The van der Waals surface area contributed by atoms with Gasteiger partial charge >= 0.3 is 0 Å². The van der Waals surface area contributed by atoms with E-state index in [2.05, 4.69) is 71.3 Å².